The molecule has 1 N–H and O–H groups in total. The number of fused-ring (bicyclic) bond motifs is 5. The van der Waals surface area contributed by atoms with Crippen molar-refractivity contribution in [3.8, 4) is 0 Å². The minimum Gasteiger partial charge on any atom is -0.385 e. The zero-order valence-corrected chi connectivity index (χ0v) is 23.6. The topological polar surface area (TPSA) is 20.2 Å². The van der Waals surface area contributed by atoms with E-state index in [9.17, 15) is 5.11 Å². The summed E-state index contributed by atoms with van der Waals surface area (Å²) >= 11 is 1.78. The van der Waals surface area contributed by atoms with Gasteiger partial charge in [-0.1, -0.05) is 67.4 Å². The first kappa shape index (κ1) is 26.1. The summed E-state index contributed by atoms with van der Waals surface area (Å²) in [4.78, 5) is 1.04. The Kier molecular flexibility index (Phi) is 7.79. The first-order valence-corrected chi connectivity index (χ1v) is 15.6. The lowest BCUT2D eigenvalue weighted by Crippen LogP contribution is -2.56. The summed E-state index contributed by atoms with van der Waals surface area (Å²) in [6, 6.07) is 0. The molecule has 4 aliphatic carbocycles. The highest BCUT2D eigenvalue weighted by molar-refractivity contribution is 8.03. The molecule has 190 valence electrons. The molecule has 4 aliphatic rings. The number of rotatable bonds is 8. The normalized spacial score (nSPS) is 45.9. The second-order valence-corrected chi connectivity index (χ2v) is 15.1. The van der Waals surface area contributed by atoms with Gasteiger partial charge in [0, 0.05) is 4.91 Å². The largest absolute Gasteiger partial charge is 0.385 e. The van der Waals surface area contributed by atoms with Crippen molar-refractivity contribution in [1.82, 2.24) is 0 Å². The van der Waals surface area contributed by atoms with Crippen LogP contribution in [0.5, 0.6) is 0 Å². The Morgan fingerprint density at radius 1 is 0.939 bits per heavy atom. The van der Waals surface area contributed by atoms with Gasteiger partial charge in [-0.05, 0) is 116 Å². The molecule has 0 bridgehead atoms. The van der Waals surface area contributed by atoms with Crippen LogP contribution in [0, 0.1) is 52.3 Å². The van der Waals surface area contributed by atoms with E-state index in [-0.39, 0.29) is 0 Å². The smallest absolute Gasteiger partial charge is 0.0951 e. The van der Waals surface area contributed by atoms with E-state index in [1.807, 2.05) is 0 Å². The zero-order valence-electron chi connectivity index (χ0n) is 22.8. The predicted octanol–water partition coefficient (Wildman–Crippen LogP) is 9.11. The number of hydrogen-bond acceptors (Lipinski definition) is 2. The Balaban J connectivity index is 1.45. The van der Waals surface area contributed by atoms with E-state index in [4.69, 9.17) is 0 Å². The van der Waals surface area contributed by atoms with Crippen LogP contribution in [0.2, 0.25) is 0 Å². The van der Waals surface area contributed by atoms with Gasteiger partial charge in [-0.3, -0.25) is 0 Å². The third-order valence-electron chi connectivity index (χ3n) is 11.8. The molecule has 0 aromatic carbocycles. The Morgan fingerprint density at radius 3 is 2.36 bits per heavy atom. The fourth-order valence-corrected chi connectivity index (χ4v) is 10.6. The van der Waals surface area contributed by atoms with Gasteiger partial charge in [0.15, 0.2) is 0 Å². The molecule has 9 atom stereocenters. The van der Waals surface area contributed by atoms with E-state index in [2.05, 4.69) is 48.1 Å². The molecule has 0 aromatic heterocycles. The lowest BCUT2D eigenvalue weighted by molar-refractivity contribution is -0.142. The summed E-state index contributed by atoms with van der Waals surface area (Å²) in [7, 11) is 0. The van der Waals surface area contributed by atoms with Gasteiger partial charge in [0.05, 0.1) is 5.60 Å². The van der Waals surface area contributed by atoms with E-state index >= 15 is 0 Å². The fraction of sp³-hybridized carbons (Fsp3) is 0.935. The maximum Gasteiger partial charge on any atom is 0.0951 e. The van der Waals surface area contributed by atoms with E-state index < -0.39 is 5.60 Å². The van der Waals surface area contributed by atoms with Crippen molar-refractivity contribution in [2.45, 2.75) is 124 Å². The van der Waals surface area contributed by atoms with E-state index in [0.29, 0.717) is 16.7 Å². The number of aliphatic hydroxyl groups is 1. The van der Waals surface area contributed by atoms with Crippen LogP contribution in [0.3, 0.4) is 0 Å². The van der Waals surface area contributed by atoms with Crippen molar-refractivity contribution in [1.29, 1.82) is 0 Å². The molecule has 0 amide bonds. The van der Waals surface area contributed by atoms with Crippen LogP contribution in [0.25, 0.3) is 0 Å². The summed E-state index contributed by atoms with van der Waals surface area (Å²) in [5.74, 6) is 7.19. The second-order valence-electron chi connectivity index (χ2n) is 13.8. The molecule has 0 aliphatic heterocycles. The van der Waals surface area contributed by atoms with Crippen LogP contribution >= 0.6 is 11.8 Å². The molecule has 2 heteroatoms. The number of hydrogen-bond donors (Lipinski definition) is 1. The average molecular weight is 475 g/mol. The van der Waals surface area contributed by atoms with Crippen molar-refractivity contribution >= 4 is 11.8 Å². The molecule has 4 rings (SSSR count). The lowest BCUT2D eigenvalue weighted by atomic mass is 9.43. The average Bonchev–Trinajstić information content (AvgIpc) is 3.11. The maximum absolute atomic E-state index is 11.5. The van der Waals surface area contributed by atoms with Crippen molar-refractivity contribution < 1.29 is 5.11 Å². The summed E-state index contributed by atoms with van der Waals surface area (Å²) in [5, 5.41) is 11.5. The van der Waals surface area contributed by atoms with Crippen LogP contribution in [-0.4, -0.2) is 16.5 Å². The molecular formula is C31H54OS. The van der Waals surface area contributed by atoms with Crippen molar-refractivity contribution in [3.63, 3.8) is 0 Å². The van der Waals surface area contributed by atoms with Crippen LogP contribution in [0.1, 0.15) is 119 Å². The van der Waals surface area contributed by atoms with Crippen LogP contribution in [0.4, 0.5) is 0 Å². The maximum atomic E-state index is 11.5. The van der Waals surface area contributed by atoms with Crippen LogP contribution < -0.4 is 0 Å². The molecule has 0 spiro atoms. The molecule has 4 saturated carbocycles. The predicted molar refractivity (Wildman–Crippen MR) is 145 cm³/mol. The van der Waals surface area contributed by atoms with Crippen LogP contribution in [0.15, 0.2) is 11.5 Å². The molecular weight excluding hydrogens is 420 g/mol. The quantitative estimate of drug-likeness (QED) is 0.378. The zero-order chi connectivity index (χ0) is 24.0. The molecule has 0 heterocycles. The molecule has 4 fully saturated rings. The molecule has 0 radical (unpaired) electrons. The highest BCUT2D eigenvalue weighted by atomic mass is 32.2. The highest BCUT2D eigenvalue weighted by Crippen LogP contribution is 2.69. The Morgan fingerprint density at radius 2 is 1.67 bits per heavy atom. The minimum absolute atomic E-state index is 0.439. The van der Waals surface area contributed by atoms with Gasteiger partial charge in [-0.15, -0.1) is 11.8 Å². The first-order chi connectivity index (χ1) is 15.5. The molecule has 33 heavy (non-hydrogen) atoms. The Hall–Kier alpha value is 0.0500. The summed E-state index contributed by atoms with van der Waals surface area (Å²) in [5.41, 5.74) is 0.405. The second kappa shape index (κ2) is 9.84. The Labute approximate surface area is 210 Å². The third kappa shape index (κ3) is 4.63. The van der Waals surface area contributed by atoms with E-state index in [1.54, 1.807) is 11.8 Å². The first-order valence-electron chi connectivity index (χ1n) is 14.6. The van der Waals surface area contributed by atoms with Gasteiger partial charge in [0.25, 0.3) is 0 Å². The van der Waals surface area contributed by atoms with Gasteiger partial charge in [0.1, 0.15) is 0 Å². The SMILES string of the molecule is C=C(SCC)[C@@]1(O)CC[C@@]2(C)[C@@H](CC[C@@H]3[C@@H]2CC[C@]2(C)[C@@H]([C@H](C)CCCC(C)C)CC[C@@H]32)C1. The fourth-order valence-electron chi connectivity index (χ4n) is 9.83. The van der Waals surface area contributed by atoms with E-state index in [0.717, 1.165) is 59.0 Å². The third-order valence-corrected chi connectivity index (χ3v) is 12.8. The number of thioether (sulfide) groups is 1. The Bertz CT molecular complexity index is 701. The van der Waals surface area contributed by atoms with Crippen molar-refractivity contribution in [2.24, 2.45) is 52.3 Å². The summed E-state index contributed by atoms with van der Waals surface area (Å²) < 4.78 is 0. The highest BCUT2D eigenvalue weighted by Gasteiger charge is 2.61. The van der Waals surface area contributed by atoms with Gasteiger partial charge in [0.2, 0.25) is 0 Å². The van der Waals surface area contributed by atoms with E-state index in [1.165, 1.54) is 64.2 Å². The van der Waals surface area contributed by atoms with Crippen LogP contribution in [-0.2, 0) is 0 Å². The monoisotopic (exact) mass is 474 g/mol. The van der Waals surface area contributed by atoms with Gasteiger partial charge in [-0.2, -0.15) is 0 Å². The van der Waals surface area contributed by atoms with Gasteiger partial charge < -0.3 is 5.11 Å². The summed E-state index contributed by atoms with van der Waals surface area (Å²) in [6.45, 7) is 19.2. The van der Waals surface area contributed by atoms with Gasteiger partial charge in [-0.25, -0.2) is 0 Å². The molecule has 0 aromatic rings. The minimum atomic E-state index is -0.620. The molecule has 0 saturated heterocycles. The lowest BCUT2D eigenvalue weighted by Gasteiger charge is -2.62. The van der Waals surface area contributed by atoms with Crippen molar-refractivity contribution in [2.75, 3.05) is 5.75 Å². The van der Waals surface area contributed by atoms with Crippen molar-refractivity contribution in [3.05, 3.63) is 11.5 Å². The standard InChI is InChI=1S/C31H54OS/c1-8-33-23(5)31(32)19-18-29(6)24(20-31)12-13-25-27-15-14-26(22(4)11-9-10-21(2)3)30(27,7)17-16-28(25)29/h21-22,24-28,32H,5,8-20H2,1-4,6-7H3/t22-,24+,25+,26-,27+,28+,29+,30-,31-/m1/s1. The summed E-state index contributed by atoms with van der Waals surface area (Å²) in [6.07, 6.45) is 16.0. The molecule has 0 unspecified atom stereocenters. The van der Waals surface area contributed by atoms with Gasteiger partial charge >= 0.3 is 0 Å². The molecule has 1 nitrogen and oxygen atoms in total.